The molecule has 0 saturated heterocycles. The van der Waals surface area contributed by atoms with Crippen LogP contribution in [0.4, 0.5) is 24.2 Å². The molecule has 0 atom stereocenters. The second-order valence-electron chi connectivity index (χ2n) is 10.5. The molecule has 0 bridgehead atoms. The molecule has 0 unspecified atom stereocenters. The van der Waals surface area contributed by atoms with E-state index in [4.69, 9.17) is 25.8 Å². The van der Waals surface area contributed by atoms with Crippen molar-refractivity contribution in [1.82, 2.24) is 15.0 Å². The first kappa shape index (κ1) is 29.7. The Bertz CT molecular complexity index is 1360. The number of anilines is 1. The summed E-state index contributed by atoms with van der Waals surface area (Å²) in [5, 5.41) is 0.110. The van der Waals surface area contributed by atoms with Gasteiger partial charge in [-0.15, -0.1) is 0 Å². The quantitative estimate of drug-likeness (QED) is 0.322. The predicted molar refractivity (Wildman–Crippen MR) is 140 cm³/mol. The number of carbonyl (C=O) groups is 2. The molecule has 3 aromatic heterocycles. The van der Waals surface area contributed by atoms with E-state index in [-0.39, 0.29) is 28.6 Å². The minimum absolute atomic E-state index is 0.0234. The Morgan fingerprint density at radius 1 is 0.949 bits per heavy atom. The van der Waals surface area contributed by atoms with Crippen molar-refractivity contribution in [2.24, 2.45) is 0 Å². The zero-order valence-electron chi connectivity index (χ0n) is 22.6. The molecule has 0 fully saturated rings. The minimum Gasteiger partial charge on any atom is -0.443 e. The van der Waals surface area contributed by atoms with E-state index in [2.05, 4.69) is 15.0 Å². The summed E-state index contributed by atoms with van der Waals surface area (Å²) >= 11 is 5.75. The van der Waals surface area contributed by atoms with Gasteiger partial charge in [0.05, 0.1) is 11.2 Å². The number of nitrogens with zero attached hydrogens (tertiary/aromatic N) is 4. The second-order valence-corrected chi connectivity index (χ2v) is 11.0. The van der Waals surface area contributed by atoms with Crippen LogP contribution < -0.4 is 9.64 Å². The average Bonchev–Trinajstić information content (AvgIpc) is 2.78. The highest BCUT2D eigenvalue weighted by Gasteiger charge is 2.36. The molecule has 0 aliphatic heterocycles. The molecular weight excluding hydrogens is 534 g/mol. The summed E-state index contributed by atoms with van der Waals surface area (Å²) in [6.45, 7) is 11.3. The maximum atomic E-state index is 15.8. The van der Waals surface area contributed by atoms with Gasteiger partial charge in [-0.25, -0.2) is 28.3 Å². The highest BCUT2D eigenvalue weighted by Crippen LogP contribution is 2.30. The third-order valence-electron chi connectivity index (χ3n) is 4.95. The number of rotatable bonds is 5. The Hall–Kier alpha value is -3.86. The summed E-state index contributed by atoms with van der Waals surface area (Å²) in [7, 11) is 0. The van der Waals surface area contributed by atoms with Gasteiger partial charge in [0.1, 0.15) is 11.2 Å². The largest absolute Gasteiger partial charge is 0.443 e. The van der Waals surface area contributed by atoms with E-state index in [1.165, 1.54) is 30.9 Å². The minimum atomic E-state index is -1.15. The molecule has 3 aromatic rings. The fourth-order valence-corrected chi connectivity index (χ4v) is 3.39. The Kier molecular flexibility index (Phi) is 8.74. The van der Waals surface area contributed by atoms with Gasteiger partial charge < -0.3 is 14.2 Å². The standard InChI is InChI=1S/C27H29ClF2N4O5/c1-15-17(12-31-14-20(15)37-23-19(29)11-18(28)13-33-23)10-16-8-9-32-22(21(16)30)34(24(35)38-26(2,3)4)25(36)39-27(5,6)7/h8-9,11-14H,10H2,1-7H3. The van der Waals surface area contributed by atoms with Crippen LogP contribution in [0.5, 0.6) is 11.6 Å². The molecule has 0 N–H and O–H groups in total. The third kappa shape index (κ3) is 7.82. The molecular formula is C27H29ClF2N4O5. The maximum absolute atomic E-state index is 15.8. The van der Waals surface area contributed by atoms with Crippen LogP contribution in [-0.2, 0) is 15.9 Å². The summed E-state index contributed by atoms with van der Waals surface area (Å²) in [6.07, 6.45) is 3.04. The smallest absolute Gasteiger partial charge is 0.425 e. The van der Waals surface area contributed by atoms with Gasteiger partial charge >= 0.3 is 12.2 Å². The Labute approximate surface area is 230 Å². The molecule has 208 valence electrons. The Balaban J connectivity index is 1.97. The van der Waals surface area contributed by atoms with Crippen molar-refractivity contribution in [3.63, 3.8) is 0 Å². The first-order valence-electron chi connectivity index (χ1n) is 11.9. The van der Waals surface area contributed by atoms with Gasteiger partial charge in [-0.1, -0.05) is 11.6 Å². The van der Waals surface area contributed by atoms with Crippen molar-refractivity contribution in [3.05, 3.63) is 70.3 Å². The van der Waals surface area contributed by atoms with Gasteiger partial charge in [0.25, 0.3) is 5.88 Å². The van der Waals surface area contributed by atoms with Crippen molar-refractivity contribution >= 4 is 29.6 Å². The van der Waals surface area contributed by atoms with Crippen molar-refractivity contribution < 1.29 is 32.6 Å². The maximum Gasteiger partial charge on any atom is 0.425 e. The Morgan fingerprint density at radius 2 is 1.56 bits per heavy atom. The first-order valence-corrected chi connectivity index (χ1v) is 12.3. The van der Waals surface area contributed by atoms with Crippen molar-refractivity contribution in [3.8, 4) is 11.6 Å². The molecule has 3 rings (SSSR count). The van der Waals surface area contributed by atoms with Gasteiger partial charge in [0, 0.05) is 25.0 Å². The molecule has 3 heterocycles. The van der Waals surface area contributed by atoms with Crippen LogP contribution in [-0.4, -0.2) is 38.3 Å². The molecule has 0 aliphatic carbocycles. The van der Waals surface area contributed by atoms with Crippen LogP contribution >= 0.6 is 11.6 Å². The number of aromatic nitrogens is 3. The number of pyridine rings is 3. The van der Waals surface area contributed by atoms with E-state index >= 15 is 4.39 Å². The summed E-state index contributed by atoms with van der Waals surface area (Å²) in [6, 6.07) is 2.46. The van der Waals surface area contributed by atoms with Crippen LogP contribution in [0.25, 0.3) is 0 Å². The number of hydrogen-bond acceptors (Lipinski definition) is 8. The van der Waals surface area contributed by atoms with Gasteiger partial charge in [-0.2, -0.15) is 4.90 Å². The molecule has 0 spiro atoms. The summed E-state index contributed by atoms with van der Waals surface area (Å²) in [4.78, 5) is 38.2. The topological polar surface area (TPSA) is 104 Å². The lowest BCUT2D eigenvalue weighted by Crippen LogP contribution is -2.44. The van der Waals surface area contributed by atoms with Gasteiger partial charge in [-0.05, 0) is 77.3 Å². The summed E-state index contributed by atoms with van der Waals surface area (Å²) < 4.78 is 46.2. The number of imide groups is 1. The SMILES string of the molecule is Cc1c(Cc2ccnc(N(C(=O)OC(C)(C)C)C(=O)OC(C)(C)C)c2F)cncc1Oc1ncc(Cl)cc1F. The fraction of sp³-hybridized carbons (Fsp3) is 0.370. The van der Waals surface area contributed by atoms with Crippen LogP contribution in [0.15, 0.2) is 36.9 Å². The average molecular weight is 563 g/mol. The van der Waals surface area contributed by atoms with E-state index in [0.29, 0.717) is 16.0 Å². The van der Waals surface area contributed by atoms with Crippen molar-refractivity contribution in [2.45, 2.75) is 66.1 Å². The highest BCUT2D eigenvalue weighted by molar-refractivity contribution is 6.30. The van der Waals surface area contributed by atoms with Crippen LogP contribution in [0.2, 0.25) is 5.02 Å². The summed E-state index contributed by atoms with van der Waals surface area (Å²) in [5.74, 6) is -2.39. The molecule has 0 saturated carbocycles. The zero-order valence-corrected chi connectivity index (χ0v) is 23.4. The number of hydrogen-bond donors (Lipinski definition) is 0. The summed E-state index contributed by atoms with van der Waals surface area (Å²) in [5.41, 5.74) is -0.802. The van der Waals surface area contributed by atoms with Gasteiger partial charge in [0.2, 0.25) is 0 Å². The van der Waals surface area contributed by atoms with E-state index in [1.807, 2.05) is 0 Å². The van der Waals surface area contributed by atoms with Crippen LogP contribution in [0.3, 0.4) is 0 Å². The lowest BCUT2D eigenvalue weighted by Gasteiger charge is -2.28. The molecule has 39 heavy (non-hydrogen) atoms. The van der Waals surface area contributed by atoms with E-state index in [9.17, 15) is 14.0 Å². The monoisotopic (exact) mass is 562 g/mol. The normalized spacial score (nSPS) is 11.6. The van der Waals surface area contributed by atoms with E-state index in [1.54, 1.807) is 48.5 Å². The zero-order chi connectivity index (χ0) is 29.1. The number of halogens is 3. The molecule has 0 aromatic carbocycles. The van der Waals surface area contributed by atoms with Gasteiger partial charge in [0.15, 0.2) is 23.2 Å². The lowest BCUT2D eigenvalue weighted by molar-refractivity contribution is 0.0427. The third-order valence-corrected chi connectivity index (χ3v) is 5.16. The van der Waals surface area contributed by atoms with E-state index < -0.39 is 40.8 Å². The molecule has 9 nitrogen and oxygen atoms in total. The Morgan fingerprint density at radius 3 is 2.13 bits per heavy atom. The molecule has 0 aliphatic rings. The lowest BCUT2D eigenvalue weighted by atomic mass is 10.0. The van der Waals surface area contributed by atoms with Crippen molar-refractivity contribution in [2.75, 3.05) is 4.90 Å². The van der Waals surface area contributed by atoms with Crippen LogP contribution in [0.1, 0.15) is 58.2 Å². The number of carbonyl (C=O) groups excluding carboxylic acids is 2. The molecule has 0 radical (unpaired) electrons. The predicted octanol–water partition coefficient (Wildman–Crippen LogP) is 7.17. The van der Waals surface area contributed by atoms with Crippen molar-refractivity contribution in [1.29, 1.82) is 0 Å². The number of ether oxygens (including phenoxy) is 3. The molecule has 2 amide bonds. The first-order chi connectivity index (χ1) is 18.1. The fourth-order valence-electron chi connectivity index (χ4n) is 3.24. The number of amides is 2. The highest BCUT2D eigenvalue weighted by atomic mass is 35.5. The van der Waals surface area contributed by atoms with Gasteiger partial charge in [-0.3, -0.25) is 4.98 Å². The molecule has 12 heteroatoms. The van der Waals surface area contributed by atoms with E-state index in [0.717, 1.165) is 6.07 Å². The second kappa shape index (κ2) is 11.5. The van der Waals surface area contributed by atoms with Crippen LogP contribution in [0, 0.1) is 18.6 Å².